The second-order valence-electron chi connectivity index (χ2n) is 4.44. The minimum absolute atomic E-state index is 0.120. The molecule has 0 amide bonds. The standard InChI is InChI=1S/C15H23NO2/c1-5-12(3)16(6-2)11-14(17)13-9-7-8-10-15(13)18-4/h7-10,12H,5-6,11H2,1-4H3. The number of carbonyl (C=O) groups is 1. The Morgan fingerprint density at radius 3 is 2.56 bits per heavy atom. The highest BCUT2D eigenvalue weighted by Gasteiger charge is 2.17. The largest absolute Gasteiger partial charge is 0.496 e. The van der Waals surface area contributed by atoms with Crippen molar-refractivity contribution in [2.24, 2.45) is 0 Å². The number of carbonyl (C=O) groups excluding carboxylic acids is 1. The van der Waals surface area contributed by atoms with Crippen LogP contribution in [0.2, 0.25) is 0 Å². The molecule has 0 aliphatic carbocycles. The van der Waals surface area contributed by atoms with Crippen LogP contribution in [0.4, 0.5) is 0 Å². The molecule has 18 heavy (non-hydrogen) atoms. The number of nitrogens with zero attached hydrogens (tertiary/aromatic N) is 1. The molecule has 3 heteroatoms. The monoisotopic (exact) mass is 249 g/mol. The summed E-state index contributed by atoms with van der Waals surface area (Å²) in [5.41, 5.74) is 0.668. The Morgan fingerprint density at radius 1 is 1.33 bits per heavy atom. The Bertz CT molecular complexity index is 390. The smallest absolute Gasteiger partial charge is 0.180 e. The van der Waals surface area contributed by atoms with E-state index in [1.807, 2.05) is 24.3 Å². The first kappa shape index (κ1) is 14.7. The highest BCUT2D eigenvalue weighted by atomic mass is 16.5. The second-order valence-corrected chi connectivity index (χ2v) is 4.44. The molecule has 0 saturated heterocycles. The number of para-hydroxylation sites is 1. The average molecular weight is 249 g/mol. The van der Waals surface area contributed by atoms with Gasteiger partial charge in [-0.05, 0) is 32.0 Å². The van der Waals surface area contributed by atoms with Crippen LogP contribution in [0.15, 0.2) is 24.3 Å². The van der Waals surface area contributed by atoms with E-state index in [1.54, 1.807) is 7.11 Å². The summed E-state index contributed by atoms with van der Waals surface area (Å²) in [5.74, 6) is 0.775. The topological polar surface area (TPSA) is 29.5 Å². The van der Waals surface area contributed by atoms with Gasteiger partial charge in [0.2, 0.25) is 0 Å². The van der Waals surface area contributed by atoms with Crippen LogP contribution in [-0.2, 0) is 0 Å². The van der Waals surface area contributed by atoms with Crippen molar-refractivity contribution in [2.45, 2.75) is 33.2 Å². The summed E-state index contributed by atoms with van der Waals surface area (Å²) in [5, 5.41) is 0. The van der Waals surface area contributed by atoms with Gasteiger partial charge >= 0.3 is 0 Å². The van der Waals surface area contributed by atoms with Crippen molar-refractivity contribution in [1.29, 1.82) is 0 Å². The quantitative estimate of drug-likeness (QED) is 0.696. The van der Waals surface area contributed by atoms with Crippen molar-refractivity contribution in [2.75, 3.05) is 20.2 Å². The van der Waals surface area contributed by atoms with Gasteiger partial charge in [0, 0.05) is 6.04 Å². The van der Waals surface area contributed by atoms with Crippen LogP contribution in [-0.4, -0.2) is 36.9 Å². The van der Waals surface area contributed by atoms with Gasteiger partial charge in [0.05, 0.1) is 19.2 Å². The molecule has 3 nitrogen and oxygen atoms in total. The van der Waals surface area contributed by atoms with E-state index >= 15 is 0 Å². The van der Waals surface area contributed by atoms with E-state index in [2.05, 4.69) is 25.7 Å². The fraction of sp³-hybridized carbons (Fsp3) is 0.533. The first-order valence-electron chi connectivity index (χ1n) is 6.54. The zero-order valence-electron chi connectivity index (χ0n) is 11.8. The number of hydrogen-bond acceptors (Lipinski definition) is 3. The van der Waals surface area contributed by atoms with E-state index in [-0.39, 0.29) is 5.78 Å². The molecule has 0 aromatic heterocycles. The number of likely N-dealkylation sites (N-methyl/N-ethyl adjacent to an activating group) is 1. The molecule has 1 rings (SSSR count). The van der Waals surface area contributed by atoms with Crippen LogP contribution in [0.1, 0.15) is 37.6 Å². The number of ketones is 1. The van der Waals surface area contributed by atoms with Gasteiger partial charge in [0.25, 0.3) is 0 Å². The molecule has 1 atom stereocenters. The van der Waals surface area contributed by atoms with Crippen molar-refractivity contribution in [3.05, 3.63) is 29.8 Å². The van der Waals surface area contributed by atoms with Crippen LogP contribution >= 0.6 is 0 Å². The van der Waals surface area contributed by atoms with Crippen LogP contribution < -0.4 is 4.74 Å². The van der Waals surface area contributed by atoms with Crippen LogP contribution in [0.5, 0.6) is 5.75 Å². The molecule has 0 heterocycles. The number of benzene rings is 1. The molecular formula is C15H23NO2. The SMILES string of the molecule is CCC(C)N(CC)CC(=O)c1ccccc1OC. The molecule has 0 aliphatic heterocycles. The molecule has 1 aromatic carbocycles. The lowest BCUT2D eigenvalue weighted by Gasteiger charge is -2.26. The minimum atomic E-state index is 0.120. The van der Waals surface area contributed by atoms with Gasteiger partial charge in [-0.25, -0.2) is 0 Å². The Kier molecular flexibility index (Phi) is 5.86. The van der Waals surface area contributed by atoms with E-state index in [0.717, 1.165) is 13.0 Å². The molecule has 0 spiro atoms. The fourth-order valence-corrected chi connectivity index (χ4v) is 1.98. The third kappa shape index (κ3) is 3.57. The lowest BCUT2D eigenvalue weighted by atomic mass is 10.1. The number of methoxy groups -OCH3 is 1. The Morgan fingerprint density at radius 2 is 2.00 bits per heavy atom. The van der Waals surface area contributed by atoms with Crippen molar-refractivity contribution >= 4 is 5.78 Å². The maximum absolute atomic E-state index is 12.3. The molecule has 0 bridgehead atoms. The zero-order chi connectivity index (χ0) is 13.5. The summed E-state index contributed by atoms with van der Waals surface area (Å²) in [6, 6.07) is 7.82. The van der Waals surface area contributed by atoms with Crippen LogP contribution in [0, 0.1) is 0 Å². The molecule has 0 aliphatic rings. The maximum atomic E-state index is 12.3. The number of hydrogen-bond donors (Lipinski definition) is 0. The van der Waals surface area contributed by atoms with E-state index in [4.69, 9.17) is 4.74 Å². The van der Waals surface area contributed by atoms with Gasteiger partial charge in [-0.3, -0.25) is 9.69 Å². The molecule has 1 unspecified atom stereocenters. The molecule has 100 valence electrons. The summed E-state index contributed by atoms with van der Waals surface area (Å²) < 4.78 is 5.23. The number of ether oxygens (including phenoxy) is 1. The summed E-state index contributed by atoms with van der Waals surface area (Å²) in [6.07, 6.45) is 1.05. The van der Waals surface area contributed by atoms with Gasteiger partial charge < -0.3 is 4.74 Å². The van der Waals surface area contributed by atoms with Gasteiger partial charge in [-0.15, -0.1) is 0 Å². The molecule has 1 aromatic rings. The fourth-order valence-electron chi connectivity index (χ4n) is 1.98. The van der Waals surface area contributed by atoms with Gasteiger partial charge in [0.15, 0.2) is 5.78 Å². The predicted molar refractivity (Wildman–Crippen MR) is 74.3 cm³/mol. The highest BCUT2D eigenvalue weighted by Crippen LogP contribution is 2.18. The van der Waals surface area contributed by atoms with Crippen LogP contribution in [0.3, 0.4) is 0 Å². The van der Waals surface area contributed by atoms with E-state index in [0.29, 0.717) is 23.9 Å². The first-order valence-corrected chi connectivity index (χ1v) is 6.54. The first-order chi connectivity index (χ1) is 8.63. The summed E-state index contributed by atoms with van der Waals surface area (Å²) >= 11 is 0. The second kappa shape index (κ2) is 7.17. The Balaban J connectivity index is 2.81. The number of rotatable bonds is 7. The third-order valence-electron chi connectivity index (χ3n) is 3.37. The van der Waals surface area contributed by atoms with E-state index < -0.39 is 0 Å². The van der Waals surface area contributed by atoms with Crippen molar-refractivity contribution in [3.8, 4) is 5.75 Å². The lowest BCUT2D eigenvalue weighted by molar-refractivity contribution is 0.0899. The average Bonchev–Trinajstić information content (AvgIpc) is 2.43. The molecular weight excluding hydrogens is 226 g/mol. The van der Waals surface area contributed by atoms with E-state index in [9.17, 15) is 4.79 Å². The van der Waals surface area contributed by atoms with E-state index in [1.165, 1.54) is 0 Å². The van der Waals surface area contributed by atoms with Crippen molar-refractivity contribution in [1.82, 2.24) is 4.90 Å². The molecule has 0 fully saturated rings. The van der Waals surface area contributed by atoms with Gasteiger partial charge in [0.1, 0.15) is 5.75 Å². The summed E-state index contributed by atoms with van der Waals surface area (Å²) in [7, 11) is 1.60. The molecule has 0 N–H and O–H groups in total. The summed E-state index contributed by atoms with van der Waals surface area (Å²) in [6.45, 7) is 7.71. The molecule has 0 radical (unpaired) electrons. The van der Waals surface area contributed by atoms with Gasteiger partial charge in [-0.2, -0.15) is 0 Å². The predicted octanol–water partition coefficient (Wildman–Crippen LogP) is 3.00. The Labute approximate surface area is 110 Å². The summed E-state index contributed by atoms with van der Waals surface area (Å²) in [4.78, 5) is 14.5. The third-order valence-corrected chi connectivity index (χ3v) is 3.37. The Hall–Kier alpha value is -1.35. The lowest BCUT2D eigenvalue weighted by Crippen LogP contribution is -2.36. The highest BCUT2D eigenvalue weighted by molar-refractivity contribution is 6.00. The van der Waals surface area contributed by atoms with Crippen molar-refractivity contribution < 1.29 is 9.53 Å². The van der Waals surface area contributed by atoms with Crippen LogP contribution in [0.25, 0.3) is 0 Å². The number of Topliss-reactive ketones (excluding diaryl/α,β-unsaturated/α-hetero) is 1. The van der Waals surface area contributed by atoms with Gasteiger partial charge in [-0.1, -0.05) is 26.0 Å². The maximum Gasteiger partial charge on any atom is 0.180 e. The molecule has 0 saturated carbocycles. The zero-order valence-corrected chi connectivity index (χ0v) is 11.8. The minimum Gasteiger partial charge on any atom is -0.496 e. The van der Waals surface area contributed by atoms with Crippen molar-refractivity contribution in [3.63, 3.8) is 0 Å². The normalized spacial score (nSPS) is 12.5.